The van der Waals surface area contributed by atoms with Gasteiger partial charge in [-0.05, 0) is 12.5 Å². The first-order chi connectivity index (χ1) is 23.9. The molecule has 1 aliphatic heterocycles. The molecule has 3 aliphatic rings. The Morgan fingerprint density at radius 3 is 2.43 bits per heavy atom. The maximum absolute atomic E-state index is 13.9. The van der Waals surface area contributed by atoms with Gasteiger partial charge >= 0.3 is 18.1 Å². The average Bonchev–Trinajstić information content (AvgIpc) is 3.07. The molecule has 1 amide bonds. The number of phenolic OH excluding ortho intramolecular Hbond substituents is 2. The van der Waals surface area contributed by atoms with Crippen molar-refractivity contribution < 1.29 is 76.5 Å². The Labute approximate surface area is 287 Å². The Morgan fingerprint density at radius 2 is 1.78 bits per heavy atom. The second-order valence-electron chi connectivity index (χ2n) is 12.4. The lowest BCUT2D eigenvalue weighted by Gasteiger charge is -2.42. The highest BCUT2D eigenvalue weighted by atomic mass is 19.4. The monoisotopic (exact) mass is 721 g/mol. The number of unbranched alkanes of at least 4 members (excludes halogenated alkanes) is 1. The normalized spacial score (nSPS) is 24.1. The molecule has 5 atom stereocenters. The number of esters is 1. The van der Waals surface area contributed by atoms with Crippen molar-refractivity contribution in [1.82, 2.24) is 5.32 Å². The summed E-state index contributed by atoms with van der Waals surface area (Å²) in [6.45, 7) is 4.35. The molecule has 1 saturated heterocycles. The van der Waals surface area contributed by atoms with Crippen LogP contribution in [0.4, 0.5) is 13.2 Å². The van der Waals surface area contributed by atoms with Gasteiger partial charge in [-0.3, -0.25) is 24.0 Å². The summed E-state index contributed by atoms with van der Waals surface area (Å²) >= 11 is 0. The number of amides is 1. The van der Waals surface area contributed by atoms with Crippen LogP contribution in [-0.4, -0.2) is 93.6 Å². The van der Waals surface area contributed by atoms with Gasteiger partial charge in [-0.2, -0.15) is 13.2 Å². The van der Waals surface area contributed by atoms with Gasteiger partial charge in [0.15, 0.2) is 12.4 Å². The van der Waals surface area contributed by atoms with Gasteiger partial charge in [0, 0.05) is 42.4 Å². The van der Waals surface area contributed by atoms with Gasteiger partial charge in [0.2, 0.25) is 17.9 Å². The van der Waals surface area contributed by atoms with E-state index in [0.717, 1.165) is 0 Å². The van der Waals surface area contributed by atoms with Crippen molar-refractivity contribution in [3.8, 4) is 17.2 Å². The van der Waals surface area contributed by atoms with Crippen LogP contribution < -0.4 is 10.1 Å². The van der Waals surface area contributed by atoms with Gasteiger partial charge in [-0.1, -0.05) is 32.1 Å². The summed E-state index contributed by atoms with van der Waals surface area (Å²) < 4.78 is 60.8. The molecular weight excluding hydrogens is 687 g/mol. The lowest BCUT2D eigenvalue weighted by atomic mass is 9.72. The first kappa shape index (κ1) is 37.3. The van der Waals surface area contributed by atoms with Crippen molar-refractivity contribution in [2.24, 2.45) is 0 Å². The maximum atomic E-state index is 13.9. The molecule has 2 aromatic rings. The van der Waals surface area contributed by atoms with Crippen LogP contribution in [0.1, 0.15) is 88.1 Å². The number of ether oxygens (including phenoxy) is 4. The number of carbonyl (C=O) groups excluding carboxylic acids is 5. The van der Waals surface area contributed by atoms with E-state index in [0.29, 0.717) is 12.8 Å². The summed E-state index contributed by atoms with van der Waals surface area (Å²) in [6.07, 6.45) is -11.6. The molecule has 0 saturated carbocycles. The number of phenols is 2. The molecule has 2 aliphatic carbocycles. The summed E-state index contributed by atoms with van der Waals surface area (Å²) in [5.74, 6) is -8.33. The molecule has 0 spiro atoms. The summed E-state index contributed by atoms with van der Waals surface area (Å²) in [6, 6.07) is 2.45. The molecule has 0 bridgehead atoms. The van der Waals surface area contributed by atoms with Crippen molar-refractivity contribution in [3.05, 3.63) is 63.9 Å². The number of ketones is 3. The minimum atomic E-state index is -5.32. The number of methoxy groups -OCH3 is 1. The Hall–Kier alpha value is -5.00. The average molecular weight is 722 g/mol. The van der Waals surface area contributed by atoms with Crippen molar-refractivity contribution in [1.29, 1.82) is 0 Å². The third kappa shape index (κ3) is 6.88. The Morgan fingerprint density at radius 1 is 1.10 bits per heavy atom. The number of aliphatic hydroxyl groups is 2. The third-order valence-corrected chi connectivity index (χ3v) is 9.02. The number of halogens is 3. The number of hydrogen-bond acceptors (Lipinski definition) is 13. The quantitative estimate of drug-likeness (QED) is 0.151. The fourth-order valence-electron chi connectivity index (χ4n) is 6.42. The molecular formula is C34H34F3NO13. The number of aromatic hydroxyl groups is 2. The molecule has 5 rings (SSSR count). The number of Topliss-reactive ketones (excluding diaryl/α,β-unsaturated/α-hetero) is 1. The number of benzene rings is 2. The number of rotatable bonds is 10. The van der Waals surface area contributed by atoms with E-state index in [1.807, 2.05) is 6.92 Å². The molecule has 2 aromatic carbocycles. The van der Waals surface area contributed by atoms with E-state index in [4.69, 9.17) is 18.9 Å². The van der Waals surface area contributed by atoms with Gasteiger partial charge in [-0.25, -0.2) is 0 Å². The van der Waals surface area contributed by atoms with E-state index >= 15 is 0 Å². The third-order valence-electron chi connectivity index (χ3n) is 9.02. The van der Waals surface area contributed by atoms with Crippen LogP contribution in [0.2, 0.25) is 0 Å². The molecule has 14 nitrogen and oxygen atoms in total. The first-order valence-electron chi connectivity index (χ1n) is 15.8. The minimum Gasteiger partial charge on any atom is -0.507 e. The molecule has 0 radical (unpaired) electrons. The van der Waals surface area contributed by atoms with E-state index in [1.165, 1.54) is 25.3 Å². The van der Waals surface area contributed by atoms with Crippen LogP contribution in [0, 0.1) is 0 Å². The number of fused-ring (bicyclic) bond motifs is 3. The van der Waals surface area contributed by atoms with Crippen molar-refractivity contribution >= 4 is 29.2 Å². The molecule has 5 N–H and O–H groups in total. The van der Waals surface area contributed by atoms with Gasteiger partial charge in [-0.15, -0.1) is 0 Å². The van der Waals surface area contributed by atoms with Crippen LogP contribution in [-0.2, 0) is 35.0 Å². The van der Waals surface area contributed by atoms with Gasteiger partial charge in [0.1, 0.15) is 34.7 Å². The van der Waals surface area contributed by atoms with Crippen LogP contribution in [0.15, 0.2) is 30.5 Å². The molecule has 1 heterocycles. The highest BCUT2D eigenvalue weighted by Gasteiger charge is 2.51. The summed E-state index contributed by atoms with van der Waals surface area (Å²) in [5, 5.41) is 47.0. The highest BCUT2D eigenvalue weighted by molar-refractivity contribution is 6.31. The van der Waals surface area contributed by atoms with Crippen LogP contribution in [0.3, 0.4) is 0 Å². The SMILES string of the molecule is C=C1O[C@@H](OC2C[C@](O)(C(=O)COC(=O)CCCC)Cc3c(O)c4c(c(O)c32)C(=O)c2c(OC)cccc2C4=O)C[C@H](NC(=O)C(F)(F)F)[C@@H]1O. The van der Waals surface area contributed by atoms with Gasteiger partial charge in [0.25, 0.3) is 0 Å². The van der Waals surface area contributed by atoms with Crippen LogP contribution in [0.25, 0.3) is 0 Å². The molecule has 274 valence electrons. The zero-order valence-corrected chi connectivity index (χ0v) is 27.3. The Balaban J connectivity index is 1.58. The molecule has 1 fully saturated rings. The van der Waals surface area contributed by atoms with Crippen molar-refractivity contribution in [3.63, 3.8) is 0 Å². The topological polar surface area (TPSA) is 215 Å². The molecule has 0 aromatic heterocycles. The number of carbonyl (C=O) groups is 5. The van der Waals surface area contributed by atoms with E-state index < -0.39 is 125 Å². The van der Waals surface area contributed by atoms with Crippen LogP contribution >= 0.6 is 0 Å². The Bertz CT molecular complexity index is 1820. The lowest BCUT2D eigenvalue weighted by molar-refractivity contribution is -0.205. The smallest absolute Gasteiger partial charge is 0.471 e. The molecule has 17 heteroatoms. The van der Waals surface area contributed by atoms with Crippen LogP contribution in [0.5, 0.6) is 17.2 Å². The zero-order valence-electron chi connectivity index (χ0n) is 27.3. The van der Waals surface area contributed by atoms with Crippen molar-refractivity contribution in [2.45, 2.75) is 81.8 Å². The fourth-order valence-corrected chi connectivity index (χ4v) is 6.42. The predicted molar refractivity (Wildman–Crippen MR) is 165 cm³/mol. The Kier molecular flexibility index (Phi) is 10.2. The number of hydrogen-bond donors (Lipinski definition) is 5. The van der Waals surface area contributed by atoms with E-state index in [2.05, 4.69) is 6.58 Å². The highest BCUT2D eigenvalue weighted by Crippen LogP contribution is 2.52. The van der Waals surface area contributed by atoms with Crippen molar-refractivity contribution in [2.75, 3.05) is 13.7 Å². The van der Waals surface area contributed by atoms with Gasteiger partial charge in [0.05, 0.1) is 35.9 Å². The largest absolute Gasteiger partial charge is 0.507 e. The van der Waals surface area contributed by atoms with E-state index in [1.54, 1.807) is 5.32 Å². The van der Waals surface area contributed by atoms with E-state index in [-0.39, 0.29) is 28.9 Å². The predicted octanol–water partition coefficient (Wildman–Crippen LogP) is 2.59. The fraction of sp³-hybridized carbons (Fsp3) is 0.441. The molecule has 51 heavy (non-hydrogen) atoms. The maximum Gasteiger partial charge on any atom is 0.471 e. The number of nitrogens with one attached hydrogen (secondary N) is 1. The van der Waals surface area contributed by atoms with Gasteiger partial charge < -0.3 is 44.7 Å². The first-order valence-corrected chi connectivity index (χ1v) is 15.8. The second kappa shape index (κ2) is 14.0. The standard InChI is InChI=1S/C34H34F3NO13/c1-4-5-9-21(40)49-13-20(39)33(47)11-16-24(19(12-33)51-22-10-17(27(41)14(2)50-22)38-32(46)34(35,36)37)31(45)26-25(29(16)43)28(42)15-7-6-8-18(48-3)23(15)30(26)44/h6-8,17,19,22,27,41,43,45,47H,2,4-5,9-13H2,1,3H3,(H,38,46)/t17-,19?,22-,27+,33-/m0/s1. The second-order valence-corrected chi connectivity index (χ2v) is 12.4. The summed E-state index contributed by atoms with van der Waals surface area (Å²) in [4.78, 5) is 64.9. The van der Waals surface area contributed by atoms with E-state index in [9.17, 15) is 57.6 Å². The zero-order chi connectivity index (χ0) is 37.6. The number of alkyl halides is 3. The molecule has 1 unspecified atom stereocenters. The minimum absolute atomic E-state index is 0.0131. The lowest BCUT2D eigenvalue weighted by Crippen LogP contribution is -2.54. The number of aliphatic hydroxyl groups excluding tert-OH is 1. The summed E-state index contributed by atoms with van der Waals surface area (Å²) in [7, 11) is 1.25. The summed E-state index contributed by atoms with van der Waals surface area (Å²) in [5.41, 5.74) is -4.98.